The van der Waals surface area contributed by atoms with Crippen LogP contribution in [0.3, 0.4) is 0 Å². The van der Waals surface area contributed by atoms with Crippen molar-refractivity contribution in [1.29, 1.82) is 0 Å². The van der Waals surface area contributed by atoms with Gasteiger partial charge in [0.1, 0.15) is 11.5 Å². The topological polar surface area (TPSA) is 49.7 Å². The third kappa shape index (κ3) is 3.26. The van der Waals surface area contributed by atoms with Crippen molar-refractivity contribution in [2.75, 3.05) is 0 Å². The number of aromatic hydroxyl groups is 2. The molecule has 0 spiro atoms. The normalized spacial score (nSPS) is 10.5. The van der Waals surface area contributed by atoms with E-state index in [2.05, 4.69) is 63.7 Å². The number of halogens is 4. The highest BCUT2D eigenvalue weighted by Crippen LogP contribution is 2.46. The van der Waals surface area contributed by atoms with Crippen LogP contribution in [0.25, 0.3) is 0 Å². The lowest BCUT2D eigenvalue weighted by Gasteiger charge is -2.13. The summed E-state index contributed by atoms with van der Waals surface area (Å²) in [6.07, 6.45) is 0. The van der Waals surface area contributed by atoms with Gasteiger partial charge in [-0.1, -0.05) is 0 Å². The van der Waals surface area contributed by atoms with Gasteiger partial charge in [0.05, 0.1) is 8.95 Å². The van der Waals surface area contributed by atoms with E-state index in [1.807, 2.05) is 0 Å². The van der Waals surface area contributed by atoms with Gasteiger partial charge < -0.3 is 14.9 Å². The van der Waals surface area contributed by atoms with Crippen LogP contribution in [0.5, 0.6) is 23.0 Å². The van der Waals surface area contributed by atoms with Gasteiger partial charge in [-0.05, 0) is 88.0 Å². The van der Waals surface area contributed by atoms with Crippen LogP contribution in [0, 0.1) is 0 Å². The largest absolute Gasteiger partial charge is 0.508 e. The van der Waals surface area contributed by atoms with Crippen LogP contribution in [0.4, 0.5) is 0 Å². The maximum atomic E-state index is 9.93. The molecule has 19 heavy (non-hydrogen) atoms. The average molecular weight is 518 g/mol. The number of phenolic OH excluding ortho intramolecular Hbond substituents is 2. The molecule has 2 aromatic rings. The molecule has 0 bridgehead atoms. The standard InChI is InChI=1S/C12H6Br4O3/c13-6-3-5(17)1-2-9(6)19-12-8(18)4-7(14)10(15)11(12)16/h1-4,17-18H. The Bertz CT molecular complexity index is 643. The smallest absolute Gasteiger partial charge is 0.184 e. The Labute approximate surface area is 143 Å². The monoisotopic (exact) mass is 514 g/mol. The van der Waals surface area contributed by atoms with Crippen LogP contribution < -0.4 is 4.74 Å². The van der Waals surface area contributed by atoms with Crippen LogP contribution in [0.2, 0.25) is 0 Å². The molecule has 0 heterocycles. The average Bonchev–Trinajstić information content (AvgIpc) is 2.34. The number of ether oxygens (including phenoxy) is 1. The van der Waals surface area contributed by atoms with Crippen LogP contribution in [-0.2, 0) is 0 Å². The van der Waals surface area contributed by atoms with Gasteiger partial charge in [0.2, 0.25) is 0 Å². The zero-order valence-electron chi connectivity index (χ0n) is 9.12. The van der Waals surface area contributed by atoms with Crippen molar-refractivity contribution in [2.24, 2.45) is 0 Å². The summed E-state index contributed by atoms with van der Waals surface area (Å²) in [5, 5.41) is 19.3. The summed E-state index contributed by atoms with van der Waals surface area (Å²) in [7, 11) is 0. The summed E-state index contributed by atoms with van der Waals surface area (Å²) in [6.45, 7) is 0. The molecule has 2 rings (SSSR count). The first-order chi connectivity index (χ1) is 8.90. The summed E-state index contributed by atoms with van der Waals surface area (Å²) < 4.78 is 8.25. The molecule has 100 valence electrons. The van der Waals surface area contributed by atoms with Gasteiger partial charge in [0, 0.05) is 8.95 Å². The fraction of sp³-hybridized carbons (Fsp3) is 0. The summed E-state index contributed by atoms with van der Waals surface area (Å²) in [5.41, 5.74) is 0. The first-order valence-corrected chi connectivity index (χ1v) is 8.10. The molecule has 0 radical (unpaired) electrons. The highest BCUT2D eigenvalue weighted by atomic mass is 79.9. The minimum Gasteiger partial charge on any atom is -0.508 e. The predicted octanol–water partition coefficient (Wildman–Crippen LogP) is 5.94. The molecule has 0 atom stereocenters. The van der Waals surface area contributed by atoms with Gasteiger partial charge in [-0.15, -0.1) is 0 Å². The molecule has 0 saturated heterocycles. The lowest BCUT2D eigenvalue weighted by atomic mass is 10.3. The quantitative estimate of drug-likeness (QED) is 0.485. The van der Waals surface area contributed by atoms with Crippen molar-refractivity contribution in [3.05, 3.63) is 42.2 Å². The molecule has 0 fully saturated rings. The third-order valence-electron chi connectivity index (χ3n) is 2.23. The lowest BCUT2D eigenvalue weighted by Crippen LogP contribution is -1.89. The highest BCUT2D eigenvalue weighted by Gasteiger charge is 2.16. The number of phenols is 2. The van der Waals surface area contributed by atoms with Gasteiger partial charge in [0.15, 0.2) is 11.5 Å². The Hall–Kier alpha value is -0.240. The highest BCUT2D eigenvalue weighted by molar-refractivity contribution is 9.14. The molecule has 0 aliphatic carbocycles. The van der Waals surface area contributed by atoms with Crippen LogP contribution >= 0.6 is 63.7 Å². The third-order valence-corrected chi connectivity index (χ3v) is 6.11. The molecule has 7 heteroatoms. The van der Waals surface area contributed by atoms with Gasteiger partial charge in [-0.25, -0.2) is 0 Å². The minimum atomic E-state index is -0.0121. The second kappa shape index (κ2) is 6.03. The molecule has 0 aliphatic heterocycles. The summed E-state index contributed by atoms with van der Waals surface area (Å²) in [6, 6.07) is 6.13. The van der Waals surface area contributed by atoms with Crippen LogP contribution in [0.15, 0.2) is 42.2 Å². The van der Waals surface area contributed by atoms with E-state index in [0.29, 0.717) is 19.2 Å². The predicted molar refractivity (Wildman–Crippen MR) is 87.1 cm³/mol. The first-order valence-electron chi connectivity index (χ1n) is 4.93. The van der Waals surface area contributed by atoms with Crippen molar-refractivity contribution in [1.82, 2.24) is 0 Å². The maximum Gasteiger partial charge on any atom is 0.184 e. The number of benzene rings is 2. The van der Waals surface area contributed by atoms with E-state index >= 15 is 0 Å². The number of rotatable bonds is 2. The van der Waals surface area contributed by atoms with Gasteiger partial charge in [-0.2, -0.15) is 0 Å². The second-order valence-electron chi connectivity index (χ2n) is 3.55. The Morgan fingerprint density at radius 1 is 0.842 bits per heavy atom. The molecule has 0 amide bonds. The van der Waals surface area contributed by atoms with E-state index in [9.17, 15) is 10.2 Å². The van der Waals surface area contributed by atoms with E-state index in [-0.39, 0.29) is 17.2 Å². The fourth-order valence-electron chi connectivity index (χ4n) is 1.35. The lowest BCUT2D eigenvalue weighted by molar-refractivity contribution is 0.406. The minimum absolute atomic E-state index is 0.0121. The summed E-state index contributed by atoms with van der Waals surface area (Å²) >= 11 is 13.3. The second-order valence-corrected chi connectivity index (χ2v) is 6.85. The molecule has 2 N–H and O–H groups in total. The molecule has 0 unspecified atom stereocenters. The SMILES string of the molecule is Oc1ccc(Oc2c(O)cc(Br)c(Br)c2Br)c(Br)c1. The number of hydrogen-bond donors (Lipinski definition) is 2. The molecule has 3 nitrogen and oxygen atoms in total. The van der Waals surface area contributed by atoms with Crippen molar-refractivity contribution in [2.45, 2.75) is 0 Å². The number of hydrogen-bond acceptors (Lipinski definition) is 3. The van der Waals surface area contributed by atoms with Gasteiger partial charge in [-0.3, -0.25) is 0 Å². The van der Waals surface area contributed by atoms with E-state index < -0.39 is 0 Å². The van der Waals surface area contributed by atoms with Gasteiger partial charge >= 0.3 is 0 Å². The Morgan fingerprint density at radius 3 is 2.16 bits per heavy atom. The van der Waals surface area contributed by atoms with Crippen molar-refractivity contribution < 1.29 is 14.9 Å². The molecule has 2 aromatic carbocycles. The van der Waals surface area contributed by atoms with E-state index in [4.69, 9.17) is 4.74 Å². The molecular weight excluding hydrogens is 512 g/mol. The van der Waals surface area contributed by atoms with E-state index in [1.165, 1.54) is 18.2 Å². The molecule has 0 aromatic heterocycles. The zero-order valence-corrected chi connectivity index (χ0v) is 15.5. The Kier molecular flexibility index (Phi) is 4.81. The van der Waals surface area contributed by atoms with Crippen molar-refractivity contribution in [3.8, 4) is 23.0 Å². The van der Waals surface area contributed by atoms with Crippen LogP contribution in [-0.4, -0.2) is 10.2 Å². The van der Waals surface area contributed by atoms with E-state index in [0.717, 1.165) is 4.47 Å². The first kappa shape index (κ1) is 15.2. The molecular formula is C12H6Br4O3. The van der Waals surface area contributed by atoms with Crippen molar-refractivity contribution in [3.63, 3.8) is 0 Å². The van der Waals surface area contributed by atoms with Gasteiger partial charge in [0.25, 0.3) is 0 Å². The van der Waals surface area contributed by atoms with E-state index in [1.54, 1.807) is 6.07 Å². The summed E-state index contributed by atoms with van der Waals surface area (Å²) in [4.78, 5) is 0. The zero-order chi connectivity index (χ0) is 14.2. The fourth-order valence-corrected chi connectivity index (χ4v) is 3.27. The Morgan fingerprint density at radius 2 is 1.53 bits per heavy atom. The van der Waals surface area contributed by atoms with Crippen LogP contribution in [0.1, 0.15) is 0 Å². The van der Waals surface area contributed by atoms with Crippen molar-refractivity contribution >= 4 is 63.7 Å². The summed E-state index contributed by atoms with van der Waals surface area (Å²) in [5.74, 6) is 0.867. The molecule has 0 saturated carbocycles. The Balaban J connectivity index is 2.47. The maximum absolute atomic E-state index is 9.93. The molecule has 0 aliphatic rings.